The molecule has 0 radical (unpaired) electrons. The maximum Gasteiger partial charge on any atom is 0.405 e. The fourth-order valence-corrected chi connectivity index (χ4v) is 6.07. The molecule has 3 aliphatic rings. The molecule has 4 atom stereocenters. The highest BCUT2D eigenvalue weighted by atomic mass is 19.1. The Morgan fingerprint density at radius 2 is 2.00 bits per heavy atom. The van der Waals surface area contributed by atoms with Gasteiger partial charge in [0.15, 0.2) is 0 Å². The Hall–Kier alpha value is -2.61. The molecule has 1 aliphatic carbocycles. The number of carboxylic acid groups (broad SMARTS) is 1. The number of likely N-dealkylation sites (tertiary alicyclic amines) is 1. The number of carbonyl (C=O) groups is 2. The van der Waals surface area contributed by atoms with Crippen molar-refractivity contribution >= 4 is 22.9 Å². The summed E-state index contributed by atoms with van der Waals surface area (Å²) in [4.78, 5) is 30.2. The van der Waals surface area contributed by atoms with Crippen LogP contribution < -0.4 is 10.6 Å². The van der Waals surface area contributed by atoms with Crippen molar-refractivity contribution in [2.75, 3.05) is 13.1 Å². The van der Waals surface area contributed by atoms with Crippen molar-refractivity contribution in [3.63, 3.8) is 0 Å². The van der Waals surface area contributed by atoms with E-state index in [1.54, 1.807) is 6.07 Å². The second-order valence-electron chi connectivity index (χ2n) is 9.19. The summed E-state index contributed by atoms with van der Waals surface area (Å²) in [6, 6.07) is 4.23. The molecule has 166 valence electrons. The van der Waals surface area contributed by atoms with Crippen LogP contribution in [0, 0.1) is 11.7 Å². The third kappa shape index (κ3) is 3.67. The number of aromatic nitrogens is 1. The van der Waals surface area contributed by atoms with Crippen LogP contribution in [0.4, 0.5) is 9.18 Å². The molecule has 1 saturated carbocycles. The maximum absolute atomic E-state index is 13.7. The maximum atomic E-state index is 13.7. The standard InChI is InChI=1S/C23H29FN4O3/c24-14-6-7-15-16(11-26-19(15)10-14)17-12-25-18-8-9-28(21(17)18)22(29)20(27-23(30)31)13-4-2-1-3-5-13/h6-7,10-11,13,17-18,20-21,25-27H,1-5,8-9,12H2,(H,30,31)/t17-,18-,20+,21-/m1/s1. The number of fused-ring (bicyclic) bond motifs is 2. The zero-order valence-electron chi connectivity index (χ0n) is 17.4. The number of benzene rings is 1. The number of hydrogen-bond donors (Lipinski definition) is 4. The van der Waals surface area contributed by atoms with E-state index in [4.69, 9.17) is 0 Å². The minimum Gasteiger partial charge on any atom is -0.465 e. The van der Waals surface area contributed by atoms with Crippen molar-refractivity contribution in [3.05, 3.63) is 35.8 Å². The fraction of sp³-hybridized carbons (Fsp3) is 0.565. The first kappa shape index (κ1) is 20.3. The Kier molecular flexibility index (Phi) is 5.33. The normalized spacial score (nSPS) is 27.4. The number of nitrogens with zero attached hydrogens (tertiary/aromatic N) is 1. The van der Waals surface area contributed by atoms with Gasteiger partial charge in [-0.25, -0.2) is 9.18 Å². The zero-order valence-corrected chi connectivity index (χ0v) is 17.4. The smallest absolute Gasteiger partial charge is 0.405 e. The van der Waals surface area contributed by atoms with Gasteiger partial charge in [0.05, 0.1) is 6.04 Å². The summed E-state index contributed by atoms with van der Waals surface area (Å²) in [5.41, 5.74) is 1.83. The summed E-state index contributed by atoms with van der Waals surface area (Å²) in [6.45, 7) is 1.36. The van der Waals surface area contributed by atoms with Gasteiger partial charge < -0.3 is 25.6 Å². The average Bonchev–Trinajstić information content (AvgIpc) is 3.46. The van der Waals surface area contributed by atoms with Crippen LogP contribution in [0.3, 0.4) is 0 Å². The Morgan fingerprint density at radius 3 is 2.77 bits per heavy atom. The predicted molar refractivity (Wildman–Crippen MR) is 114 cm³/mol. The molecular weight excluding hydrogens is 399 g/mol. The van der Waals surface area contributed by atoms with Gasteiger partial charge >= 0.3 is 6.09 Å². The van der Waals surface area contributed by atoms with Gasteiger partial charge in [0.2, 0.25) is 5.91 Å². The van der Waals surface area contributed by atoms with E-state index in [1.165, 1.54) is 12.1 Å². The molecule has 2 aromatic rings. The van der Waals surface area contributed by atoms with Crippen LogP contribution in [0.1, 0.15) is 50.0 Å². The molecular formula is C23H29FN4O3. The van der Waals surface area contributed by atoms with Crippen molar-refractivity contribution in [3.8, 4) is 0 Å². The Balaban J connectivity index is 1.43. The van der Waals surface area contributed by atoms with Crippen molar-refractivity contribution < 1.29 is 19.1 Å². The van der Waals surface area contributed by atoms with E-state index >= 15 is 0 Å². The van der Waals surface area contributed by atoms with Crippen LogP contribution >= 0.6 is 0 Å². The number of H-pyrrole nitrogens is 1. The van der Waals surface area contributed by atoms with E-state index < -0.39 is 12.1 Å². The van der Waals surface area contributed by atoms with Crippen LogP contribution in [0.25, 0.3) is 10.9 Å². The quantitative estimate of drug-likeness (QED) is 0.601. The molecule has 3 fully saturated rings. The lowest BCUT2D eigenvalue weighted by molar-refractivity contribution is -0.136. The van der Waals surface area contributed by atoms with Gasteiger partial charge in [-0.2, -0.15) is 0 Å². The molecule has 0 spiro atoms. The van der Waals surface area contributed by atoms with Gasteiger partial charge in [0.1, 0.15) is 11.9 Å². The molecule has 2 amide bonds. The number of rotatable bonds is 4. The van der Waals surface area contributed by atoms with Crippen molar-refractivity contribution in [1.29, 1.82) is 0 Å². The van der Waals surface area contributed by atoms with Gasteiger partial charge in [0.25, 0.3) is 0 Å². The number of nitrogens with one attached hydrogen (secondary N) is 3. The molecule has 4 N–H and O–H groups in total. The summed E-state index contributed by atoms with van der Waals surface area (Å²) in [5.74, 6) is -0.245. The van der Waals surface area contributed by atoms with Crippen LogP contribution in [-0.4, -0.2) is 58.2 Å². The number of carbonyl (C=O) groups excluding carboxylic acids is 1. The van der Waals surface area contributed by atoms with Crippen LogP contribution in [0.5, 0.6) is 0 Å². The highest BCUT2D eigenvalue weighted by molar-refractivity contribution is 5.87. The Labute approximate surface area is 180 Å². The van der Waals surface area contributed by atoms with E-state index in [0.717, 1.165) is 61.5 Å². The van der Waals surface area contributed by atoms with Gasteiger partial charge in [-0.3, -0.25) is 4.79 Å². The van der Waals surface area contributed by atoms with E-state index in [2.05, 4.69) is 15.6 Å². The third-order valence-electron chi connectivity index (χ3n) is 7.49. The number of hydrogen-bond acceptors (Lipinski definition) is 3. The lowest BCUT2D eigenvalue weighted by atomic mass is 9.83. The first-order chi connectivity index (χ1) is 15.0. The zero-order chi connectivity index (χ0) is 21.5. The van der Waals surface area contributed by atoms with Crippen molar-refractivity contribution in [2.24, 2.45) is 5.92 Å². The van der Waals surface area contributed by atoms with Crippen molar-refractivity contribution in [2.45, 2.75) is 62.6 Å². The summed E-state index contributed by atoms with van der Waals surface area (Å²) in [7, 11) is 0. The minimum absolute atomic E-state index is 0.0294. The summed E-state index contributed by atoms with van der Waals surface area (Å²) >= 11 is 0. The molecule has 2 saturated heterocycles. The van der Waals surface area contributed by atoms with E-state index in [-0.39, 0.29) is 35.6 Å². The van der Waals surface area contributed by atoms with Gasteiger partial charge in [-0.05, 0) is 48.9 Å². The Morgan fingerprint density at radius 1 is 1.19 bits per heavy atom. The predicted octanol–water partition coefficient (Wildman–Crippen LogP) is 3.18. The largest absolute Gasteiger partial charge is 0.465 e. The van der Waals surface area contributed by atoms with Gasteiger partial charge in [0, 0.05) is 42.1 Å². The number of aromatic amines is 1. The summed E-state index contributed by atoms with van der Waals surface area (Å²) < 4.78 is 13.6. The molecule has 1 aromatic heterocycles. The van der Waals surface area contributed by atoms with E-state index in [9.17, 15) is 19.1 Å². The molecule has 31 heavy (non-hydrogen) atoms. The monoisotopic (exact) mass is 428 g/mol. The summed E-state index contributed by atoms with van der Waals surface area (Å²) in [5, 5.41) is 16.5. The molecule has 8 heteroatoms. The molecule has 1 aromatic carbocycles. The molecule has 0 bridgehead atoms. The lowest BCUT2D eigenvalue weighted by Crippen LogP contribution is -2.54. The SMILES string of the molecule is O=C(O)N[C@H](C(=O)N1CC[C@H]2NC[C@H](c3c[nH]c4cc(F)ccc34)[C@H]21)C1CCCCC1. The average molecular weight is 429 g/mol. The number of amides is 2. The molecule has 3 heterocycles. The Bertz CT molecular complexity index is 986. The van der Waals surface area contributed by atoms with Gasteiger partial charge in [-0.1, -0.05) is 19.3 Å². The molecule has 2 aliphatic heterocycles. The van der Waals surface area contributed by atoms with Gasteiger partial charge in [-0.15, -0.1) is 0 Å². The highest BCUT2D eigenvalue weighted by Crippen LogP contribution is 2.40. The minimum atomic E-state index is -1.14. The highest BCUT2D eigenvalue weighted by Gasteiger charge is 2.49. The fourth-order valence-electron chi connectivity index (χ4n) is 6.07. The van der Waals surface area contributed by atoms with E-state index in [1.807, 2.05) is 11.1 Å². The summed E-state index contributed by atoms with van der Waals surface area (Å²) in [6.07, 6.45) is 6.63. The first-order valence-electron chi connectivity index (χ1n) is 11.3. The van der Waals surface area contributed by atoms with Crippen molar-refractivity contribution in [1.82, 2.24) is 20.5 Å². The number of halogens is 1. The second-order valence-corrected chi connectivity index (χ2v) is 9.19. The molecule has 5 rings (SSSR count). The molecule has 0 unspecified atom stereocenters. The topological polar surface area (TPSA) is 97.5 Å². The third-order valence-corrected chi connectivity index (χ3v) is 7.49. The van der Waals surface area contributed by atoms with E-state index in [0.29, 0.717) is 6.54 Å². The molecule has 7 nitrogen and oxygen atoms in total. The second kappa shape index (κ2) is 8.15. The van der Waals surface area contributed by atoms with Crippen LogP contribution in [-0.2, 0) is 4.79 Å². The first-order valence-corrected chi connectivity index (χ1v) is 11.3. The lowest BCUT2D eigenvalue weighted by Gasteiger charge is -2.35. The van der Waals surface area contributed by atoms with Crippen LogP contribution in [0.15, 0.2) is 24.4 Å². The van der Waals surface area contributed by atoms with Crippen LogP contribution in [0.2, 0.25) is 0 Å².